The molecule has 1 saturated heterocycles. The average molecular weight is 572 g/mol. The summed E-state index contributed by atoms with van der Waals surface area (Å²) in [6, 6.07) is 17.2. The second kappa shape index (κ2) is 13.9. The number of rotatable bonds is 10. The number of hydrogen-bond donors (Lipinski definition) is 1. The van der Waals surface area contributed by atoms with Gasteiger partial charge in [-0.05, 0) is 96.3 Å². The third kappa shape index (κ3) is 7.41. The number of ether oxygens (including phenoxy) is 2. The van der Waals surface area contributed by atoms with Crippen LogP contribution in [0.25, 0.3) is 11.1 Å². The third-order valence-electron chi connectivity index (χ3n) is 7.46. The summed E-state index contributed by atoms with van der Waals surface area (Å²) >= 11 is 0. The molecule has 0 spiro atoms. The molecule has 3 aromatic carbocycles. The first-order valence-corrected chi connectivity index (χ1v) is 13.7. The van der Waals surface area contributed by atoms with E-state index in [1.165, 1.54) is 6.07 Å². The van der Waals surface area contributed by atoms with Gasteiger partial charge in [-0.15, -0.1) is 0 Å². The first kappa shape index (κ1) is 30.4. The molecule has 8 heteroatoms. The summed E-state index contributed by atoms with van der Waals surface area (Å²) < 4.78 is 64.4. The second-order valence-electron chi connectivity index (χ2n) is 10.3. The molecule has 0 unspecified atom stereocenters. The van der Waals surface area contributed by atoms with Gasteiger partial charge in [0.1, 0.15) is 35.8 Å². The van der Waals surface area contributed by atoms with Crippen LogP contribution in [0.3, 0.4) is 0 Å². The predicted octanol–water partition coefficient (Wildman–Crippen LogP) is 7.92. The minimum atomic E-state index is -2.65. The van der Waals surface area contributed by atoms with Crippen LogP contribution in [0.5, 0.6) is 17.2 Å². The van der Waals surface area contributed by atoms with Crippen LogP contribution in [0, 0.1) is 5.82 Å². The molecule has 0 saturated carbocycles. The molecule has 4 nitrogen and oxygen atoms in total. The number of allylic oxidation sites excluding steroid dienone is 1. The lowest BCUT2D eigenvalue weighted by molar-refractivity contribution is 0.0817. The zero-order valence-corrected chi connectivity index (χ0v) is 22.2. The molecule has 0 radical (unpaired) electrons. The summed E-state index contributed by atoms with van der Waals surface area (Å²) in [5.41, 5.74) is 4.81. The Balaban J connectivity index is 0.00000387. The number of aromatic hydroxyl groups is 1. The molecule has 0 amide bonds. The zero-order chi connectivity index (χ0) is 28.1. The van der Waals surface area contributed by atoms with Crippen molar-refractivity contribution in [2.24, 2.45) is 0 Å². The van der Waals surface area contributed by atoms with Gasteiger partial charge in [0.2, 0.25) is 0 Å². The van der Waals surface area contributed by atoms with Crippen molar-refractivity contribution < 1.29 is 32.1 Å². The Labute approximate surface area is 239 Å². The Bertz CT molecular complexity index is 1340. The molecular formula is C33H37F4NO3. The molecule has 0 bridgehead atoms. The Kier molecular flexibility index (Phi) is 10.3. The first-order valence-electron chi connectivity index (χ1n) is 13.7. The topological polar surface area (TPSA) is 41.9 Å². The molecule has 0 aromatic heterocycles. The highest BCUT2D eigenvalue weighted by Gasteiger charge is 2.25. The van der Waals surface area contributed by atoms with E-state index in [1.54, 1.807) is 18.2 Å². The van der Waals surface area contributed by atoms with Gasteiger partial charge in [0, 0.05) is 31.3 Å². The maximum Gasteiger partial charge on any atom is 0.272 e. The quantitative estimate of drug-likeness (QED) is 0.251. The van der Waals surface area contributed by atoms with E-state index in [0.717, 1.165) is 78.5 Å². The van der Waals surface area contributed by atoms with Gasteiger partial charge in [0.05, 0.1) is 6.67 Å². The van der Waals surface area contributed by atoms with Crippen molar-refractivity contribution in [1.82, 2.24) is 4.90 Å². The number of aryl methyl sites for hydroxylation is 1. The monoisotopic (exact) mass is 571 g/mol. The lowest BCUT2D eigenvalue weighted by Crippen LogP contribution is -2.26. The van der Waals surface area contributed by atoms with Crippen LogP contribution in [0.2, 0.25) is 0 Å². The number of phenols is 1. The van der Waals surface area contributed by atoms with Gasteiger partial charge in [0.25, 0.3) is 6.43 Å². The van der Waals surface area contributed by atoms with Crippen LogP contribution < -0.4 is 9.47 Å². The first-order chi connectivity index (χ1) is 19.4. The van der Waals surface area contributed by atoms with Crippen molar-refractivity contribution >= 4 is 11.1 Å². The molecule has 1 atom stereocenters. The molecule has 5 rings (SSSR count). The van der Waals surface area contributed by atoms with Gasteiger partial charge in [-0.25, -0.2) is 13.2 Å². The minimum Gasteiger partial charge on any atom is -0.508 e. The number of hydrogen-bond acceptors (Lipinski definition) is 4. The van der Waals surface area contributed by atoms with Crippen LogP contribution in [0.4, 0.5) is 17.6 Å². The van der Waals surface area contributed by atoms with E-state index >= 15 is 4.39 Å². The fraction of sp³-hybridized carbons (Fsp3) is 0.394. The van der Waals surface area contributed by atoms with Gasteiger partial charge in [0.15, 0.2) is 0 Å². The van der Waals surface area contributed by atoms with E-state index in [9.17, 15) is 18.3 Å². The van der Waals surface area contributed by atoms with Crippen molar-refractivity contribution in [2.45, 2.75) is 52.1 Å². The van der Waals surface area contributed by atoms with Crippen LogP contribution >= 0.6 is 0 Å². The molecule has 1 aliphatic carbocycles. The summed E-state index contributed by atoms with van der Waals surface area (Å²) in [7, 11) is 0. The van der Waals surface area contributed by atoms with E-state index < -0.39 is 18.8 Å². The fourth-order valence-electron chi connectivity index (χ4n) is 5.64. The van der Waals surface area contributed by atoms with E-state index in [-0.39, 0.29) is 31.7 Å². The molecular weight excluding hydrogens is 534 g/mol. The number of halogens is 4. The summed E-state index contributed by atoms with van der Waals surface area (Å²) in [4.78, 5) is 2.21. The Morgan fingerprint density at radius 2 is 1.71 bits per heavy atom. The van der Waals surface area contributed by atoms with Crippen molar-refractivity contribution in [3.05, 3.63) is 88.7 Å². The zero-order valence-electron chi connectivity index (χ0n) is 22.2. The maximum absolute atomic E-state index is 15.4. The number of fused-ring (bicyclic) bond motifs is 1. The number of phenolic OH excluding ortho intramolecular Hbond substituents is 1. The van der Waals surface area contributed by atoms with E-state index in [4.69, 9.17) is 9.47 Å². The largest absolute Gasteiger partial charge is 0.508 e. The van der Waals surface area contributed by atoms with Crippen molar-refractivity contribution in [3.63, 3.8) is 0 Å². The molecule has 41 heavy (non-hydrogen) atoms. The highest BCUT2D eigenvalue weighted by molar-refractivity contribution is 6.00. The van der Waals surface area contributed by atoms with Gasteiger partial charge in [-0.1, -0.05) is 25.6 Å². The van der Waals surface area contributed by atoms with Crippen LogP contribution in [-0.4, -0.2) is 55.5 Å². The fourth-order valence-corrected chi connectivity index (χ4v) is 5.64. The van der Waals surface area contributed by atoms with Crippen molar-refractivity contribution in [1.29, 1.82) is 0 Å². The maximum atomic E-state index is 15.4. The van der Waals surface area contributed by atoms with E-state index in [0.29, 0.717) is 18.4 Å². The highest BCUT2D eigenvalue weighted by atomic mass is 19.3. The lowest BCUT2D eigenvalue weighted by Gasteiger charge is -2.19. The second-order valence-corrected chi connectivity index (χ2v) is 10.3. The highest BCUT2D eigenvalue weighted by Crippen LogP contribution is 2.42. The molecule has 1 N–H and O–H groups in total. The summed E-state index contributed by atoms with van der Waals surface area (Å²) in [6.45, 7) is 1.28. The Morgan fingerprint density at radius 3 is 2.44 bits per heavy atom. The van der Waals surface area contributed by atoms with Gasteiger partial charge in [-0.2, -0.15) is 0 Å². The number of alkyl halides is 3. The smallest absolute Gasteiger partial charge is 0.272 e. The van der Waals surface area contributed by atoms with E-state index in [2.05, 4.69) is 4.90 Å². The number of benzene rings is 3. The van der Waals surface area contributed by atoms with Gasteiger partial charge in [-0.3, -0.25) is 9.29 Å². The molecule has 1 heterocycles. The van der Waals surface area contributed by atoms with E-state index in [1.807, 2.05) is 30.3 Å². The standard InChI is InChI=1S/C32H33F4NO3.CH4/c33-14-2-15-37-16-13-26(19-37)40-24-8-5-21(6-9-24)32-27-11-7-23(38)17-22(27)3-1-4-29(32)28-12-10-25(18-30(28)34)39-20-31(35)36;/h5-12,17-18,26,31,38H,1-4,13-16,19-20H2;1H4/t26-;/m0./s1. The summed E-state index contributed by atoms with van der Waals surface area (Å²) in [5.74, 6) is 0.419. The molecule has 1 aliphatic heterocycles. The molecule has 220 valence electrons. The number of nitrogens with zero attached hydrogens (tertiary/aromatic N) is 1. The predicted molar refractivity (Wildman–Crippen MR) is 154 cm³/mol. The Hall–Kier alpha value is -3.52. The summed E-state index contributed by atoms with van der Waals surface area (Å²) in [6.07, 6.45) is 0.874. The van der Waals surface area contributed by atoms with Crippen molar-refractivity contribution in [3.8, 4) is 17.2 Å². The Morgan fingerprint density at radius 1 is 0.951 bits per heavy atom. The number of likely N-dealkylation sites (tertiary alicyclic amines) is 1. The summed E-state index contributed by atoms with van der Waals surface area (Å²) in [5, 5.41) is 10.1. The molecule has 2 aliphatic rings. The minimum absolute atomic E-state index is 0. The molecule has 1 fully saturated rings. The lowest BCUT2D eigenvalue weighted by atomic mass is 9.87. The third-order valence-corrected chi connectivity index (χ3v) is 7.46. The van der Waals surface area contributed by atoms with Crippen LogP contribution in [-0.2, 0) is 6.42 Å². The van der Waals surface area contributed by atoms with Gasteiger partial charge < -0.3 is 14.6 Å². The van der Waals surface area contributed by atoms with Crippen LogP contribution in [0.1, 0.15) is 55.4 Å². The SMILES string of the molecule is C.Oc1ccc2c(c1)CCCC(c1ccc(OCC(F)F)cc1F)=C2c1ccc(O[C@H]2CCN(CCCF)C2)cc1. The normalized spacial score (nSPS) is 17.2. The van der Waals surface area contributed by atoms with Crippen LogP contribution in [0.15, 0.2) is 60.7 Å². The molecule has 3 aromatic rings. The average Bonchev–Trinajstić information content (AvgIpc) is 3.30. The van der Waals surface area contributed by atoms with Gasteiger partial charge >= 0.3 is 0 Å². The van der Waals surface area contributed by atoms with Crippen molar-refractivity contribution in [2.75, 3.05) is 32.9 Å².